The number of rotatable bonds is 3. The van der Waals surface area contributed by atoms with Crippen LogP contribution in [-0.4, -0.2) is 34.9 Å². The number of hydrogen-bond donors (Lipinski definition) is 2. The Balaban J connectivity index is 1.52. The normalized spacial score (nSPS) is 11.5. The molecule has 6 rings (SSSR count). The molecule has 6 aromatic rings. The van der Waals surface area contributed by atoms with Crippen molar-refractivity contribution < 1.29 is 0 Å². The van der Waals surface area contributed by atoms with Gasteiger partial charge in [0.25, 0.3) is 0 Å². The molecule has 0 saturated heterocycles. The molecule has 2 N–H and O–H groups in total. The van der Waals surface area contributed by atoms with Crippen LogP contribution >= 0.6 is 0 Å². The highest BCUT2D eigenvalue weighted by Gasteiger charge is 2.15. The number of aromatic amines is 2. The van der Waals surface area contributed by atoms with Crippen molar-refractivity contribution in [3.8, 4) is 33.8 Å². The van der Waals surface area contributed by atoms with E-state index in [2.05, 4.69) is 54.5 Å². The molecule has 0 saturated carbocycles. The third-order valence-electron chi connectivity index (χ3n) is 5.36. The largest absolute Gasteiger partial charge is 0.353 e. The van der Waals surface area contributed by atoms with Crippen LogP contribution < -0.4 is 0 Å². The topological polar surface area (TPSA) is 88.1 Å². The van der Waals surface area contributed by atoms with Gasteiger partial charge in [-0.3, -0.25) is 19.7 Å². The molecule has 5 heterocycles. The van der Waals surface area contributed by atoms with Crippen molar-refractivity contribution in [1.82, 2.24) is 34.9 Å². The van der Waals surface area contributed by atoms with Crippen LogP contribution in [0.1, 0.15) is 0 Å². The van der Waals surface area contributed by atoms with E-state index in [1.807, 2.05) is 43.8 Å². The Morgan fingerprint density at radius 3 is 2.50 bits per heavy atom. The van der Waals surface area contributed by atoms with Gasteiger partial charge in [0.2, 0.25) is 0 Å². The minimum absolute atomic E-state index is 0.882. The summed E-state index contributed by atoms with van der Waals surface area (Å²) in [7, 11) is 1.92. The van der Waals surface area contributed by atoms with Crippen LogP contribution in [0.4, 0.5) is 0 Å². The first-order valence-corrected chi connectivity index (χ1v) is 9.62. The van der Waals surface area contributed by atoms with Crippen molar-refractivity contribution >= 4 is 21.8 Å². The first-order chi connectivity index (χ1) is 14.8. The monoisotopic (exact) mass is 391 g/mol. The molecule has 1 aromatic carbocycles. The van der Waals surface area contributed by atoms with Crippen molar-refractivity contribution in [2.45, 2.75) is 0 Å². The number of benzene rings is 1. The molecule has 144 valence electrons. The molecule has 0 bridgehead atoms. The lowest BCUT2D eigenvalue weighted by Crippen LogP contribution is -1.84. The zero-order valence-corrected chi connectivity index (χ0v) is 16.2. The Kier molecular flexibility index (Phi) is 3.55. The van der Waals surface area contributed by atoms with Crippen molar-refractivity contribution in [1.29, 1.82) is 0 Å². The van der Waals surface area contributed by atoms with Gasteiger partial charge in [0.05, 0.1) is 23.1 Å². The minimum Gasteiger partial charge on any atom is -0.353 e. The van der Waals surface area contributed by atoms with E-state index in [0.717, 1.165) is 55.6 Å². The van der Waals surface area contributed by atoms with Gasteiger partial charge in [-0.15, -0.1) is 0 Å². The predicted molar refractivity (Wildman–Crippen MR) is 117 cm³/mol. The van der Waals surface area contributed by atoms with Crippen molar-refractivity contribution in [2.75, 3.05) is 0 Å². The molecular weight excluding hydrogens is 374 g/mol. The number of H-pyrrole nitrogens is 2. The van der Waals surface area contributed by atoms with Gasteiger partial charge >= 0.3 is 0 Å². The van der Waals surface area contributed by atoms with Crippen LogP contribution in [0, 0.1) is 0 Å². The van der Waals surface area contributed by atoms with Gasteiger partial charge in [-0.2, -0.15) is 10.2 Å². The van der Waals surface area contributed by atoms with Crippen molar-refractivity contribution in [2.24, 2.45) is 7.05 Å². The fourth-order valence-electron chi connectivity index (χ4n) is 3.89. The molecule has 7 nitrogen and oxygen atoms in total. The van der Waals surface area contributed by atoms with E-state index in [9.17, 15) is 0 Å². The Bertz CT molecular complexity index is 1510. The highest BCUT2D eigenvalue weighted by molar-refractivity contribution is 6.00. The maximum Gasteiger partial charge on any atom is 0.116 e. The van der Waals surface area contributed by atoms with Gasteiger partial charge in [0.1, 0.15) is 5.69 Å². The Labute approximate surface area is 171 Å². The van der Waals surface area contributed by atoms with Crippen LogP contribution in [0.2, 0.25) is 0 Å². The molecule has 30 heavy (non-hydrogen) atoms. The highest BCUT2D eigenvalue weighted by Crippen LogP contribution is 2.34. The molecule has 0 amide bonds. The lowest BCUT2D eigenvalue weighted by atomic mass is 10.0. The minimum atomic E-state index is 0.882. The van der Waals surface area contributed by atoms with E-state index in [1.54, 1.807) is 17.1 Å². The van der Waals surface area contributed by atoms with Crippen LogP contribution in [0.25, 0.3) is 55.6 Å². The summed E-state index contributed by atoms with van der Waals surface area (Å²) in [5.41, 5.74) is 7.98. The maximum atomic E-state index is 4.60. The maximum absolute atomic E-state index is 4.60. The number of hydrogen-bond acceptors (Lipinski definition) is 4. The fraction of sp³-hybridized carbons (Fsp3) is 0.0435. The molecule has 0 aliphatic heterocycles. The van der Waals surface area contributed by atoms with E-state index in [1.165, 1.54) is 0 Å². The second kappa shape index (κ2) is 6.38. The summed E-state index contributed by atoms with van der Waals surface area (Å²) >= 11 is 0. The average molecular weight is 391 g/mol. The number of fused-ring (bicyclic) bond motifs is 2. The zero-order chi connectivity index (χ0) is 20.1. The van der Waals surface area contributed by atoms with Gasteiger partial charge in [-0.25, -0.2) is 0 Å². The molecule has 0 radical (unpaired) electrons. The first-order valence-electron chi connectivity index (χ1n) is 9.62. The molecule has 0 fully saturated rings. The average Bonchev–Trinajstić information content (AvgIpc) is 3.50. The quantitative estimate of drug-likeness (QED) is 0.463. The van der Waals surface area contributed by atoms with Crippen LogP contribution in [-0.2, 0) is 7.05 Å². The Hall–Kier alpha value is -4.26. The summed E-state index contributed by atoms with van der Waals surface area (Å²) in [6.45, 7) is 0. The van der Waals surface area contributed by atoms with Crippen LogP contribution in [0.5, 0.6) is 0 Å². The van der Waals surface area contributed by atoms with Gasteiger partial charge in [-0.05, 0) is 42.0 Å². The molecule has 0 aliphatic carbocycles. The molecule has 0 spiro atoms. The van der Waals surface area contributed by atoms with Crippen molar-refractivity contribution in [3.05, 3.63) is 73.4 Å². The summed E-state index contributed by atoms with van der Waals surface area (Å²) in [4.78, 5) is 12.2. The SMILES string of the molecule is Cn1cc(-c2ccc3[nH]nc(-c4cc5c(-c6ccncc6)nccc5[nH]4)c3c2)cn1. The van der Waals surface area contributed by atoms with E-state index >= 15 is 0 Å². The second-order valence-electron chi connectivity index (χ2n) is 7.27. The number of nitrogens with zero attached hydrogens (tertiary/aromatic N) is 5. The second-order valence-corrected chi connectivity index (χ2v) is 7.27. The third kappa shape index (κ3) is 2.60. The van der Waals surface area contributed by atoms with Gasteiger partial charge in [0.15, 0.2) is 0 Å². The van der Waals surface area contributed by atoms with Crippen LogP contribution in [0.15, 0.2) is 73.4 Å². The molecule has 0 atom stereocenters. The van der Waals surface area contributed by atoms with Gasteiger partial charge in [0, 0.05) is 59.3 Å². The Morgan fingerprint density at radius 1 is 0.800 bits per heavy atom. The summed E-state index contributed by atoms with van der Waals surface area (Å²) in [5, 5.41) is 14.1. The lowest BCUT2D eigenvalue weighted by Gasteiger charge is -2.01. The number of aryl methyl sites for hydroxylation is 1. The smallest absolute Gasteiger partial charge is 0.116 e. The van der Waals surface area contributed by atoms with Crippen molar-refractivity contribution in [3.63, 3.8) is 0 Å². The van der Waals surface area contributed by atoms with Gasteiger partial charge < -0.3 is 4.98 Å². The molecule has 0 aliphatic rings. The zero-order valence-electron chi connectivity index (χ0n) is 16.2. The standard InChI is InChI=1S/C23H17N7/c1-30-13-16(12-26-30)15-2-3-20-17(10-15)23(29-28-20)21-11-18-19(27-21)6-9-25-22(18)14-4-7-24-8-5-14/h2-13,27H,1H3,(H,28,29). The summed E-state index contributed by atoms with van der Waals surface area (Å²) in [6, 6.07) is 14.3. The summed E-state index contributed by atoms with van der Waals surface area (Å²) < 4.78 is 1.81. The molecule has 7 heteroatoms. The first kappa shape index (κ1) is 16.7. The molecule has 0 unspecified atom stereocenters. The predicted octanol–water partition coefficient (Wildman–Crippen LogP) is 4.57. The highest BCUT2D eigenvalue weighted by atomic mass is 15.2. The van der Waals surface area contributed by atoms with E-state index in [4.69, 9.17) is 0 Å². The summed E-state index contributed by atoms with van der Waals surface area (Å²) in [6.07, 6.45) is 9.27. The summed E-state index contributed by atoms with van der Waals surface area (Å²) in [5.74, 6) is 0. The van der Waals surface area contributed by atoms with Gasteiger partial charge in [-0.1, -0.05) is 6.07 Å². The van der Waals surface area contributed by atoms with E-state index in [-0.39, 0.29) is 0 Å². The van der Waals surface area contributed by atoms with Crippen LogP contribution in [0.3, 0.4) is 0 Å². The number of pyridine rings is 2. The Morgan fingerprint density at radius 2 is 1.67 bits per heavy atom. The number of nitrogens with one attached hydrogen (secondary N) is 2. The fourth-order valence-corrected chi connectivity index (χ4v) is 3.89. The molecular formula is C23H17N7. The third-order valence-corrected chi connectivity index (χ3v) is 5.36. The number of aromatic nitrogens is 7. The molecule has 5 aromatic heterocycles. The lowest BCUT2D eigenvalue weighted by molar-refractivity contribution is 0.768. The van der Waals surface area contributed by atoms with E-state index in [0.29, 0.717) is 0 Å². The van der Waals surface area contributed by atoms with E-state index < -0.39 is 0 Å².